The van der Waals surface area contributed by atoms with Gasteiger partial charge in [0.1, 0.15) is 0 Å². The molecule has 2 aromatic rings. The molecule has 7 heteroatoms. The molecule has 0 aliphatic rings. The van der Waals surface area contributed by atoms with Crippen LogP contribution >= 0.6 is 22.9 Å². The molecule has 1 heterocycles. The molecule has 0 radical (unpaired) electrons. The van der Waals surface area contributed by atoms with E-state index in [4.69, 9.17) is 11.6 Å². The summed E-state index contributed by atoms with van der Waals surface area (Å²) in [6, 6.07) is 11.9. The lowest BCUT2D eigenvalue weighted by Gasteiger charge is -2.00. The Kier molecular flexibility index (Phi) is 4.59. The molecule has 0 saturated heterocycles. The van der Waals surface area contributed by atoms with Gasteiger partial charge in [0.25, 0.3) is 15.9 Å². The first-order valence-electron chi connectivity index (χ1n) is 5.52. The Labute approximate surface area is 125 Å². The molecule has 0 saturated carbocycles. The van der Waals surface area contributed by atoms with E-state index >= 15 is 0 Å². The number of carbonyl (C=O) groups is 1. The molecule has 0 aliphatic heterocycles. The molecule has 4 nitrogen and oxygen atoms in total. The first-order valence-corrected chi connectivity index (χ1v) is 8.26. The number of amides is 1. The van der Waals surface area contributed by atoms with E-state index in [1.54, 1.807) is 24.3 Å². The molecule has 1 aromatic carbocycles. The van der Waals surface area contributed by atoms with E-state index in [1.807, 2.05) is 10.8 Å². The van der Waals surface area contributed by atoms with Gasteiger partial charge in [-0.05, 0) is 23.8 Å². The number of benzene rings is 1. The fourth-order valence-electron chi connectivity index (χ4n) is 1.38. The average Bonchev–Trinajstić information content (AvgIpc) is 2.84. The molecule has 0 unspecified atom stereocenters. The van der Waals surface area contributed by atoms with Crippen LogP contribution in [0.3, 0.4) is 0 Å². The van der Waals surface area contributed by atoms with Crippen molar-refractivity contribution in [1.29, 1.82) is 0 Å². The Morgan fingerprint density at radius 2 is 1.85 bits per heavy atom. The lowest BCUT2D eigenvalue weighted by atomic mass is 10.2. The van der Waals surface area contributed by atoms with Crippen LogP contribution in [0, 0.1) is 0 Å². The maximum absolute atomic E-state index is 11.7. The second-order valence-electron chi connectivity index (χ2n) is 3.79. The molecular weight excluding hydrogens is 318 g/mol. The molecule has 1 N–H and O–H groups in total. The third kappa shape index (κ3) is 4.19. The fourth-order valence-corrected chi connectivity index (χ4v) is 3.16. The van der Waals surface area contributed by atoms with Crippen molar-refractivity contribution in [2.45, 2.75) is 0 Å². The number of halogens is 1. The zero-order valence-electron chi connectivity index (χ0n) is 10.1. The van der Waals surface area contributed by atoms with E-state index in [0.29, 0.717) is 4.34 Å². The molecule has 0 fully saturated rings. The quantitative estimate of drug-likeness (QED) is 0.938. The second-order valence-corrected chi connectivity index (χ2v) is 7.07. The first kappa shape index (κ1) is 14.8. The Morgan fingerprint density at radius 1 is 1.15 bits per heavy atom. The summed E-state index contributed by atoms with van der Waals surface area (Å²) >= 11 is 6.71. The van der Waals surface area contributed by atoms with E-state index in [-0.39, 0.29) is 4.88 Å². The van der Waals surface area contributed by atoms with Crippen LogP contribution in [-0.2, 0) is 10.0 Å². The van der Waals surface area contributed by atoms with Crippen molar-refractivity contribution in [3.05, 3.63) is 62.6 Å². The highest BCUT2D eigenvalue weighted by atomic mass is 35.5. The van der Waals surface area contributed by atoms with Gasteiger partial charge in [0, 0.05) is 0 Å². The largest absolute Gasteiger partial charge is 0.275 e. The van der Waals surface area contributed by atoms with Crippen LogP contribution in [-0.4, -0.2) is 14.3 Å². The van der Waals surface area contributed by atoms with Crippen LogP contribution in [0.5, 0.6) is 0 Å². The number of carbonyl (C=O) groups excluding carboxylic acids is 1. The number of nitrogens with one attached hydrogen (secondary N) is 1. The van der Waals surface area contributed by atoms with Crippen molar-refractivity contribution >= 4 is 44.9 Å². The van der Waals surface area contributed by atoms with Gasteiger partial charge in [-0.3, -0.25) is 4.79 Å². The lowest BCUT2D eigenvalue weighted by Crippen LogP contribution is -2.28. The van der Waals surface area contributed by atoms with E-state index in [0.717, 1.165) is 22.3 Å². The minimum absolute atomic E-state index is 0.242. The number of hydrogen-bond donors (Lipinski definition) is 1. The van der Waals surface area contributed by atoms with Crippen LogP contribution in [0.15, 0.2) is 47.9 Å². The second kappa shape index (κ2) is 6.21. The lowest BCUT2D eigenvalue weighted by molar-refractivity contribution is 0.0986. The standard InChI is InChI=1S/C13H10ClNO3S2/c14-12-7-6-11(19-12)13(16)15-20(17,18)9-8-10-4-2-1-3-5-10/h1-9H,(H,15,16)/b9-8+. The third-order valence-corrected chi connectivity index (χ3v) is 4.47. The number of thiophene rings is 1. The van der Waals surface area contributed by atoms with Gasteiger partial charge in [-0.25, -0.2) is 13.1 Å². The molecule has 0 bridgehead atoms. The monoisotopic (exact) mass is 327 g/mol. The van der Waals surface area contributed by atoms with Crippen molar-refractivity contribution in [1.82, 2.24) is 4.72 Å². The SMILES string of the molecule is O=C(NS(=O)(=O)/C=C/c1ccccc1)c1ccc(Cl)s1. The Morgan fingerprint density at radius 3 is 2.45 bits per heavy atom. The average molecular weight is 328 g/mol. The maximum Gasteiger partial charge on any atom is 0.275 e. The number of rotatable bonds is 4. The molecule has 2 rings (SSSR count). The fraction of sp³-hybridized carbons (Fsp3) is 0. The minimum Gasteiger partial charge on any atom is -0.267 e. The first-order chi connectivity index (χ1) is 9.46. The van der Waals surface area contributed by atoms with E-state index in [9.17, 15) is 13.2 Å². The zero-order chi connectivity index (χ0) is 14.6. The van der Waals surface area contributed by atoms with Crippen LogP contribution in [0.4, 0.5) is 0 Å². The van der Waals surface area contributed by atoms with E-state index in [2.05, 4.69) is 0 Å². The predicted molar refractivity (Wildman–Crippen MR) is 81.2 cm³/mol. The molecule has 1 amide bonds. The van der Waals surface area contributed by atoms with Gasteiger partial charge in [0.2, 0.25) is 0 Å². The summed E-state index contributed by atoms with van der Waals surface area (Å²) in [6.07, 6.45) is 1.41. The highest BCUT2D eigenvalue weighted by molar-refractivity contribution is 7.93. The summed E-state index contributed by atoms with van der Waals surface area (Å²) in [6.45, 7) is 0. The van der Waals surface area contributed by atoms with Gasteiger partial charge in [0.15, 0.2) is 0 Å². The molecule has 0 aliphatic carbocycles. The highest BCUT2D eigenvalue weighted by Gasteiger charge is 2.14. The zero-order valence-corrected chi connectivity index (χ0v) is 12.5. The van der Waals surface area contributed by atoms with Gasteiger partial charge in [-0.15, -0.1) is 11.3 Å². The van der Waals surface area contributed by atoms with Crippen molar-refractivity contribution < 1.29 is 13.2 Å². The molecule has 1 aromatic heterocycles. The molecular formula is C13H10ClNO3S2. The maximum atomic E-state index is 11.7. The van der Waals surface area contributed by atoms with Crippen molar-refractivity contribution in [3.8, 4) is 0 Å². The van der Waals surface area contributed by atoms with Crippen molar-refractivity contribution in [2.24, 2.45) is 0 Å². The van der Waals surface area contributed by atoms with Crippen molar-refractivity contribution in [3.63, 3.8) is 0 Å². The van der Waals surface area contributed by atoms with Gasteiger partial charge in [0.05, 0.1) is 14.6 Å². The Balaban J connectivity index is 2.08. The molecule has 104 valence electrons. The Hall–Kier alpha value is -1.63. The topological polar surface area (TPSA) is 63.2 Å². The normalized spacial score (nSPS) is 11.7. The van der Waals surface area contributed by atoms with E-state index < -0.39 is 15.9 Å². The van der Waals surface area contributed by atoms with Crippen LogP contribution in [0.2, 0.25) is 4.34 Å². The van der Waals surface area contributed by atoms with Crippen LogP contribution < -0.4 is 4.72 Å². The summed E-state index contributed by atoms with van der Waals surface area (Å²) in [5, 5.41) is 0.954. The summed E-state index contributed by atoms with van der Waals surface area (Å²) in [5.41, 5.74) is 0.726. The van der Waals surface area contributed by atoms with Crippen LogP contribution in [0.25, 0.3) is 6.08 Å². The highest BCUT2D eigenvalue weighted by Crippen LogP contribution is 2.21. The summed E-state index contributed by atoms with van der Waals surface area (Å²) in [7, 11) is -3.83. The van der Waals surface area contributed by atoms with Crippen molar-refractivity contribution in [2.75, 3.05) is 0 Å². The molecule has 0 spiro atoms. The third-order valence-electron chi connectivity index (χ3n) is 2.27. The number of sulfonamides is 1. The van der Waals surface area contributed by atoms with Gasteiger partial charge in [-0.2, -0.15) is 0 Å². The van der Waals surface area contributed by atoms with E-state index in [1.165, 1.54) is 18.2 Å². The van der Waals surface area contributed by atoms with Gasteiger partial charge < -0.3 is 0 Å². The van der Waals surface area contributed by atoms with Crippen LogP contribution in [0.1, 0.15) is 15.2 Å². The summed E-state index contributed by atoms with van der Waals surface area (Å²) < 4.78 is 25.9. The predicted octanol–water partition coefficient (Wildman–Crippen LogP) is 3.13. The molecule has 0 atom stereocenters. The molecule has 20 heavy (non-hydrogen) atoms. The van der Waals surface area contributed by atoms with Gasteiger partial charge in [-0.1, -0.05) is 41.9 Å². The Bertz CT molecular complexity index is 736. The summed E-state index contributed by atoms with van der Waals surface area (Å²) in [5.74, 6) is -0.695. The summed E-state index contributed by atoms with van der Waals surface area (Å²) in [4.78, 5) is 12.0. The van der Waals surface area contributed by atoms with Gasteiger partial charge >= 0.3 is 0 Å². The smallest absolute Gasteiger partial charge is 0.267 e. The minimum atomic E-state index is -3.83. The number of hydrogen-bond acceptors (Lipinski definition) is 4.